The molecule has 1 atom stereocenters. The summed E-state index contributed by atoms with van der Waals surface area (Å²) < 4.78 is 38.1. The van der Waals surface area contributed by atoms with Crippen molar-refractivity contribution >= 4 is 38.7 Å². The van der Waals surface area contributed by atoms with Gasteiger partial charge in [-0.05, 0) is 42.7 Å². The maximum Gasteiger partial charge on any atom is 0.336 e. The van der Waals surface area contributed by atoms with Gasteiger partial charge >= 0.3 is 11.6 Å². The van der Waals surface area contributed by atoms with E-state index in [1.165, 1.54) is 42.1 Å². The molecule has 0 amide bonds. The SMILES string of the molecule is CSCC[C@H](NS(=O)(=O)c1ccccc1)C(=O)OCc1cc(=O)oc2cc(O)ccc12. The Morgan fingerprint density at radius 3 is 2.65 bits per heavy atom. The van der Waals surface area contributed by atoms with Gasteiger partial charge in [-0.25, -0.2) is 13.2 Å². The summed E-state index contributed by atoms with van der Waals surface area (Å²) in [6.45, 7) is -0.255. The molecule has 0 spiro atoms. The third-order valence-corrected chi connectivity index (χ3v) is 6.56. The zero-order valence-electron chi connectivity index (χ0n) is 16.6. The Morgan fingerprint density at radius 2 is 1.94 bits per heavy atom. The molecule has 10 heteroatoms. The number of aromatic hydroxyl groups is 1. The van der Waals surface area contributed by atoms with Gasteiger partial charge in [0.05, 0.1) is 4.90 Å². The lowest BCUT2D eigenvalue weighted by Crippen LogP contribution is -2.42. The molecule has 31 heavy (non-hydrogen) atoms. The van der Waals surface area contributed by atoms with E-state index in [-0.39, 0.29) is 29.3 Å². The van der Waals surface area contributed by atoms with E-state index in [0.29, 0.717) is 16.7 Å². The van der Waals surface area contributed by atoms with Crippen LogP contribution in [-0.4, -0.2) is 37.5 Å². The number of phenolic OH excluding ortho intramolecular Hbond substituents is 1. The van der Waals surface area contributed by atoms with Crippen LogP contribution in [0.5, 0.6) is 5.75 Å². The highest BCUT2D eigenvalue weighted by molar-refractivity contribution is 7.98. The van der Waals surface area contributed by atoms with E-state index in [4.69, 9.17) is 9.15 Å². The first-order valence-corrected chi connectivity index (χ1v) is 12.2. The van der Waals surface area contributed by atoms with Gasteiger partial charge in [0.15, 0.2) is 0 Å². The molecular formula is C21H21NO7S2. The van der Waals surface area contributed by atoms with Crippen molar-refractivity contribution in [1.82, 2.24) is 4.72 Å². The van der Waals surface area contributed by atoms with Crippen LogP contribution in [0, 0.1) is 0 Å². The van der Waals surface area contributed by atoms with E-state index in [0.717, 1.165) is 0 Å². The van der Waals surface area contributed by atoms with Crippen LogP contribution in [0.4, 0.5) is 0 Å². The molecule has 2 N–H and O–H groups in total. The summed E-state index contributed by atoms with van der Waals surface area (Å²) >= 11 is 1.47. The van der Waals surface area contributed by atoms with Crippen LogP contribution in [0.15, 0.2) is 68.7 Å². The summed E-state index contributed by atoms with van der Waals surface area (Å²) in [4.78, 5) is 24.5. The van der Waals surface area contributed by atoms with Crippen LogP contribution in [0.25, 0.3) is 11.0 Å². The zero-order chi connectivity index (χ0) is 22.4. The average Bonchev–Trinajstić information content (AvgIpc) is 2.74. The molecule has 8 nitrogen and oxygen atoms in total. The summed E-state index contributed by atoms with van der Waals surface area (Å²) in [5.41, 5.74) is -0.121. The average molecular weight is 464 g/mol. The third-order valence-electron chi connectivity index (χ3n) is 4.43. The van der Waals surface area contributed by atoms with Crippen LogP contribution >= 0.6 is 11.8 Å². The number of ether oxygens (including phenoxy) is 1. The number of carbonyl (C=O) groups is 1. The van der Waals surface area contributed by atoms with Crippen molar-refractivity contribution in [2.24, 2.45) is 0 Å². The van der Waals surface area contributed by atoms with E-state index in [2.05, 4.69) is 4.72 Å². The van der Waals surface area contributed by atoms with Gasteiger partial charge in [-0.2, -0.15) is 16.5 Å². The van der Waals surface area contributed by atoms with Gasteiger partial charge in [0.2, 0.25) is 10.0 Å². The summed E-state index contributed by atoms with van der Waals surface area (Å²) in [7, 11) is -3.92. The molecule has 0 aliphatic rings. The molecule has 2 aromatic carbocycles. The molecule has 1 aromatic heterocycles. The molecule has 164 valence electrons. The van der Waals surface area contributed by atoms with Gasteiger partial charge in [0.1, 0.15) is 24.0 Å². The number of fused-ring (bicyclic) bond motifs is 1. The third kappa shape index (κ3) is 5.87. The molecule has 0 unspecified atom stereocenters. The second-order valence-corrected chi connectivity index (χ2v) is 9.35. The summed E-state index contributed by atoms with van der Waals surface area (Å²) in [6, 6.07) is 12.1. The molecule has 0 bridgehead atoms. The minimum absolute atomic E-state index is 0.0448. The molecule has 0 aliphatic carbocycles. The van der Waals surface area contributed by atoms with E-state index in [1.807, 2.05) is 6.26 Å². The highest BCUT2D eigenvalue weighted by Crippen LogP contribution is 2.22. The monoisotopic (exact) mass is 463 g/mol. The van der Waals surface area contributed by atoms with Gasteiger partial charge < -0.3 is 14.3 Å². The number of nitrogens with one attached hydrogen (secondary N) is 1. The number of hydrogen-bond donors (Lipinski definition) is 2. The molecule has 0 saturated carbocycles. The fourth-order valence-electron chi connectivity index (χ4n) is 2.90. The number of thioether (sulfide) groups is 1. The van der Waals surface area contributed by atoms with Crippen LogP contribution in [0.2, 0.25) is 0 Å². The van der Waals surface area contributed by atoms with Crippen LogP contribution < -0.4 is 10.3 Å². The Labute approximate surface area is 183 Å². The topological polar surface area (TPSA) is 123 Å². The standard InChI is InChI=1S/C21H21NO7S2/c1-30-10-9-18(22-31(26,27)16-5-3-2-4-6-16)21(25)28-13-14-11-20(24)29-19-12-15(23)7-8-17(14)19/h2-8,11-12,18,22-23H,9-10,13H2,1H3/t18-/m0/s1. The summed E-state index contributed by atoms with van der Waals surface area (Å²) in [5, 5.41) is 10.1. The van der Waals surface area contributed by atoms with Gasteiger partial charge in [0.25, 0.3) is 0 Å². The maximum atomic E-state index is 12.7. The lowest BCUT2D eigenvalue weighted by Gasteiger charge is -2.18. The predicted octanol–water partition coefficient (Wildman–Crippen LogP) is 2.64. The van der Waals surface area contributed by atoms with Crippen molar-refractivity contribution in [3.63, 3.8) is 0 Å². The normalized spacial score (nSPS) is 12.5. The van der Waals surface area contributed by atoms with Crippen LogP contribution in [0.1, 0.15) is 12.0 Å². The van der Waals surface area contributed by atoms with Gasteiger partial charge in [0, 0.05) is 23.1 Å². The number of rotatable bonds is 9. The van der Waals surface area contributed by atoms with Crippen LogP contribution in [-0.2, 0) is 26.2 Å². The highest BCUT2D eigenvalue weighted by atomic mass is 32.2. The minimum atomic E-state index is -3.92. The smallest absolute Gasteiger partial charge is 0.336 e. The van der Waals surface area contributed by atoms with E-state index in [9.17, 15) is 23.1 Å². The summed E-state index contributed by atoms with van der Waals surface area (Å²) in [6.07, 6.45) is 2.08. The van der Waals surface area contributed by atoms with Gasteiger partial charge in [-0.3, -0.25) is 4.79 Å². The molecule has 1 heterocycles. The van der Waals surface area contributed by atoms with E-state index in [1.54, 1.807) is 24.3 Å². The number of hydrogen-bond acceptors (Lipinski definition) is 8. The van der Waals surface area contributed by atoms with Crippen molar-refractivity contribution in [3.8, 4) is 5.75 Å². The Balaban J connectivity index is 1.79. The van der Waals surface area contributed by atoms with Crippen molar-refractivity contribution in [2.75, 3.05) is 12.0 Å². The second-order valence-electron chi connectivity index (χ2n) is 6.65. The predicted molar refractivity (Wildman–Crippen MR) is 117 cm³/mol. The Hall–Kier alpha value is -2.82. The fraction of sp³-hybridized carbons (Fsp3) is 0.238. The molecule has 0 radical (unpaired) electrons. The number of benzene rings is 2. The van der Waals surface area contributed by atoms with Gasteiger partial charge in [-0.15, -0.1) is 0 Å². The molecule has 3 aromatic rings. The van der Waals surface area contributed by atoms with Crippen LogP contribution in [0.3, 0.4) is 0 Å². The second kappa shape index (κ2) is 9.99. The Kier molecular flexibility index (Phi) is 7.37. The number of carbonyl (C=O) groups excluding carboxylic acids is 1. The summed E-state index contributed by atoms with van der Waals surface area (Å²) in [5.74, 6) is -0.292. The number of esters is 1. The van der Waals surface area contributed by atoms with Crippen molar-refractivity contribution in [3.05, 3.63) is 70.6 Å². The van der Waals surface area contributed by atoms with Gasteiger partial charge in [-0.1, -0.05) is 18.2 Å². The molecular weight excluding hydrogens is 442 g/mol. The fourth-order valence-corrected chi connectivity index (χ4v) is 4.61. The largest absolute Gasteiger partial charge is 0.508 e. The quantitative estimate of drug-likeness (QED) is 0.367. The number of sulfonamides is 1. The first-order valence-electron chi connectivity index (χ1n) is 9.29. The molecule has 0 saturated heterocycles. The van der Waals surface area contributed by atoms with Crippen molar-refractivity contribution in [2.45, 2.75) is 24.0 Å². The lowest BCUT2D eigenvalue weighted by molar-refractivity contribution is -0.147. The van der Waals surface area contributed by atoms with E-state index >= 15 is 0 Å². The van der Waals surface area contributed by atoms with Crippen molar-refractivity contribution < 1.29 is 27.5 Å². The van der Waals surface area contributed by atoms with E-state index < -0.39 is 27.7 Å². The Bertz CT molecular complexity index is 1220. The highest BCUT2D eigenvalue weighted by Gasteiger charge is 2.27. The minimum Gasteiger partial charge on any atom is -0.508 e. The molecule has 3 rings (SSSR count). The molecule has 0 fully saturated rings. The number of phenols is 1. The first kappa shape index (κ1) is 22.9. The first-order chi connectivity index (χ1) is 14.8. The lowest BCUT2D eigenvalue weighted by atomic mass is 10.1. The maximum absolute atomic E-state index is 12.7. The zero-order valence-corrected chi connectivity index (χ0v) is 18.2. The molecule has 0 aliphatic heterocycles. The Morgan fingerprint density at radius 1 is 1.19 bits per heavy atom. The van der Waals surface area contributed by atoms with Crippen molar-refractivity contribution in [1.29, 1.82) is 0 Å².